The molecule has 1 saturated heterocycles. The van der Waals surface area contributed by atoms with Crippen LogP contribution in [0, 0.1) is 5.92 Å². The van der Waals surface area contributed by atoms with E-state index in [-0.39, 0.29) is 24.0 Å². The zero-order valence-electron chi connectivity index (χ0n) is 12.2. The second-order valence-corrected chi connectivity index (χ2v) is 5.15. The lowest BCUT2D eigenvalue weighted by atomic mass is 9.97. The second-order valence-electron chi connectivity index (χ2n) is 5.15. The largest absolute Gasteiger partial charge is 0.356 e. The fourth-order valence-corrected chi connectivity index (χ4v) is 2.04. The van der Waals surface area contributed by atoms with Gasteiger partial charge in [0.2, 0.25) is 0 Å². The van der Waals surface area contributed by atoms with Gasteiger partial charge in [-0.25, -0.2) is 0 Å². The first kappa shape index (κ1) is 18.0. The number of piperidine rings is 1. The van der Waals surface area contributed by atoms with Crippen molar-refractivity contribution < 1.29 is 0 Å². The number of hydrogen-bond acceptors (Lipinski definition) is 2. The zero-order valence-corrected chi connectivity index (χ0v) is 14.5. The van der Waals surface area contributed by atoms with Crippen molar-refractivity contribution >= 4 is 29.9 Å². The molecule has 0 saturated carbocycles. The molecule has 0 aromatic heterocycles. The molecule has 4 nitrogen and oxygen atoms in total. The summed E-state index contributed by atoms with van der Waals surface area (Å²) in [4.78, 5) is 6.66. The van der Waals surface area contributed by atoms with E-state index in [0.29, 0.717) is 6.04 Å². The van der Waals surface area contributed by atoms with Crippen LogP contribution in [0.3, 0.4) is 0 Å². The van der Waals surface area contributed by atoms with Gasteiger partial charge in [0.05, 0.1) is 0 Å². The van der Waals surface area contributed by atoms with E-state index in [1.165, 1.54) is 25.9 Å². The van der Waals surface area contributed by atoms with E-state index in [4.69, 9.17) is 0 Å². The highest BCUT2D eigenvalue weighted by atomic mass is 127. The van der Waals surface area contributed by atoms with Crippen molar-refractivity contribution in [2.24, 2.45) is 10.9 Å². The van der Waals surface area contributed by atoms with Crippen LogP contribution in [-0.2, 0) is 0 Å². The van der Waals surface area contributed by atoms with Gasteiger partial charge >= 0.3 is 0 Å². The Morgan fingerprint density at radius 2 is 2.00 bits per heavy atom. The van der Waals surface area contributed by atoms with Crippen molar-refractivity contribution in [3.05, 3.63) is 0 Å². The van der Waals surface area contributed by atoms with Gasteiger partial charge in [-0.05, 0) is 52.2 Å². The average molecular weight is 368 g/mol. The van der Waals surface area contributed by atoms with Crippen LogP contribution in [-0.4, -0.2) is 50.6 Å². The van der Waals surface area contributed by atoms with Crippen molar-refractivity contribution in [2.75, 3.05) is 33.7 Å². The summed E-state index contributed by atoms with van der Waals surface area (Å²) in [7, 11) is 4.04. The molecule has 1 rings (SSSR count). The summed E-state index contributed by atoms with van der Waals surface area (Å²) in [6.45, 7) is 7.86. The lowest BCUT2D eigenvalue weighted by molar-refractivity contribution is 0.220. The van der Waals surface area contributed by atoms with Crippen LogP contribution in [0.4, 0.5) is 0 Å². The molecule has 0 aromatic rings. The SMILES string of the molecule is CCC(C)NC(=NC)NCC1CCN(C)CC1.I. The third-order valence-electron chi connectivity index (χ3n) is 3.62. The van der Waals surface area contributed by atoms with Gasteiger partial charge in [0.15, 0.2) is 5.96 Å². The third kappa shape index (κ3) is 6.78. The maximum atomic E-state index is 4.26. The van der Waals surface area contributed by atoms with Gasteiger partial charge in [0.25, 0.3) is 0 Å². The molecule has 0 amide bonds. The smallest absolute Gasteiger partial charge is 0.191 e. The molecule has 0 spiro atoms. The van der Waals surface area contributed by atoms with Crippen molar-refractivity contribution in [2.45, 2.75) is 39.2 Å². The molecule has 1 heterocycles. The standard InChI is InChI=1S/C13H28N4.HI/c1-5-11(2)16-13(14-3)15-10-12-6-8-17(4)9-7-12;/h11-12H,5-10H2,1-4H3,(H2,14,15,16);1H. The first-order valence-corrected chi connectivity index (χ1v) is 6.81. The number of likely N-dealkylation sites (tertiary alicyclic amines) is 1. The van der Waals surface area contributed by atoms with Gasteiger partial charge in [-0.1, -0.05) is 6.92 Å². The molecule has 18 heavy (non-hydrogen) atoms. The topological polar surface area (TPSA) is 39.7 Å². The maximum Gasteiger partial charge on any atom is 0.191 e. The highest BCUT2D eigenvalue weighted by Gasteiger charge is 2.16. The first-order valence-electron chi connectivity index (χ1n) is 6.81. The normalized spacial score (nSPS) is 20.1. The van der Waals surface area contributed by atoms with Gasteiger partial charge in [-0.3, -0.25) is 4.99 Å². The summed E-state index contributed by atoms with van der Waals surface area (Å²) >= 11 is 0. The van der Waals surface area contributed by atoms with Crippen LogP contribution < -0.4 is 10.6 Å². The summed E-state index contributed by atoms with van der Waals surface area (Å²) in [6.07, 6.45) is 3.71. The number of nitrogens with one attached hydrogen (secondary N) is 2. The Kier molecular flexibility index (Phi) is 9.81. The molecular formula is C13H29IN4. The van der Waals surface area contributed by atoms with Gasteiger partial charge < -0.3 is 15.5 Å². The number of rotatable bonds is 4. The molecule has 1 unspecified atom stereocenters. The number of hydrogen-bond donors (Lipinski definition) is 2. The van der Waals surface area contributed by atoms with Crippen LogP contribution in [0.25, 0.3) is 0 Å². The summed E-state index contributed by atoms with van der Waals surface area (Å²) in [5.41, 5.74) is 0. The number of nitrogens with zero attached hydrogens (tertiary/aromatic N) is 2. The predicted octanol–water partition coefficient (Wildman–Crippen LogP) is 1.91. The van der Waals surface area contributed by atoms with Gasteiger partial charge in [-0.15, -0.1) is 24.0 Å². The van der Waals surface area contributed by atoms with E-state index in [0.717, 1.165) is 24.8 Å². The minimum atomic E-state index is 0. The Hall–Kier alpha value is -0.0400. The molecule has 0 aromatic carbocycles. The Bertz CT molecular complexity index is 237. The molecule has 5 heteroatoms. The van der Waals surface area contributed by atoms with Gasteiger partial charge in [0, 0.05) is 19.6 Å². The third-order valence-corrected chi connectivity index (χ3v) is 3.62. The summed E-state index contributed by atoms with van der Waals surface area (Å²) < 4.78 is 0. The van der Waals surface area contributed by atoms with E-state index in [1.54, 1.807) is 0 Å². The molecule has 1 aliphatic rings. The quantitative estimate of drug-likeness (QED) is 0.453. The number of halogens is 1. The van der Waals surface area contributed by atoms with Crippen molar-refractivity contribution in [1.29, 1.82) is 0 Å². The Balaban J connectivity index is 0.00000289. The van der Waals surface area contributed by atoms with E-state index < -0.39 is 0 Å². The fourth-order valence-electron chi connectivity index (χ4n) is 2.04. The Morgan fingerprint density at radius 3 is 2.50 bits per heavy atom. The summed E-state index contributed by atoms with van der Waals surface area (Å²) in [6, 6.07) is 0.485. The van der Waals surface area contributed by atoms with Gasteiger partial charge in [-0.2, -0.15) is 0 Å². The lowest BCUT2D eigenvalue weighted by Gasteiger charge is -2.29. The average Bonchev–Trinajstić information content (AvgIpc) is 2.36. The van der Waals surface area contributed by atoms with Crippen molar-refractivity contribution in [3.8, 4) is 0 Å². The molecule has 0 aliphatic carbocycles. The molecule has 1 aliphatic heterocycles. The van der Waals surface area contributed by atoms with E-state index in [9.17, 15) is 0 Å². The van der Waals surface area contributed by atoms with Gasteiger partial charge in [0.1, 0.15) is 0 Å². The van der Waals surface area contributed by atoms with Crippen LogP contribution in [0.2, 0.25) is 0 Å². The van der Waals surface area contributed by atoms with E-state index in [1.807, 2.05) is 7.05 Å². The lowest BCUT2D eigenvalue weighted by Crippen LogP contribution is -2.45. The minimum Gasteiger partial charge on any atom is -0.356 e. The monoisotopic (exact) mass is 368 g/mol. The minimum absolute atomic E-state index is 0. The highest BCUT2D eigenvalue weighted by Crippen LogP contribution is 2.14. The molecule has 1 fully saturated rings. The second kappa shape index (κ2) is 9.83. The fraction of sp³-hybridized carbons (Fsp3) is 0.923. The number of guanidine groups is 1. The van der Waals surface area contributed by atoms with E-state index >= 15 is 0 Å². The Labute approximate surface area is 129 Å². The predicted molar refractivity (Wildman–Crippen MR) is 89.9 cm³/mol. The number of aliphatic imine (C=N–C) groups is 1. The molecule has 0 bridgehead atoms. The van der Waals surface area contributed by atoms with Crippen molar-refractivity contribution in [1.82, 2.24) is 15.5 Å². The molecule has 0 radical (unpaired) electrons. The first-order chi connectivity index (χ1) is 8.15. The molecule has 1 atom stereocenters. The summed E-state index contributed by atoms with van der Waals surface area (Å²) in [5.74, 6) is 1.74. The molecular weight excluding hydrogens is 339 g/mol. The zero-order chi connectivity index (χ0) is 12.7. The van der Waals surface area contributed by atoms with Crippen LogP contribution in [0.5, 0.6) is 0 Å². The highest BCUT2D eigenvalue weighted by molar-refractivity contribution is 14.0. The Morgan fingerprint density at radius 1 is 1.39 bits per heavy atom. The maximum absolute atomic E-state index is 4.26. The van der Waals surface area contributed by atoms with Crippen LogP contribution in [0.1, 0.15) is 33.1 Å². The van der Waals surface area contributed by atoms with E-state index in [2.05, 4.69) is 41.4 Å². The molecule has 2 N–H and O–H groups in total. The molecule has 108 valence electrons. The van der Waals surface area contributed by atoms with Crippen molar-refractivity contribution in [3.63, 3.8) is 0 Å². The van der Waals surface area contributed by atoms with Crippen LogP contribution >= 0.6 is 24.0 Å². The summed E-state index contributed by atoms with van der Waals surface area (Å²) in [5, 5.41) is 6.83. The van der Waals surface area contributed by atoms with Crippen LogP contribution in [0.15, 0.2) is 4.99 Å².